The molecule has 0 atom stereocenters. The highest BCUT2D eigenvalue weighted by Crippen LogP contribution is 2.42. The lowest BCUT2D eigenvalue weighted by atomic mass is 9.87. The average molecular weight is 398 g/mol. The van der Waals surface area contributed by atoms with Crippen LogP contribution in [0.4, 0.5) is 0 Å². The maximum absolute atomic E-state index is 13.2. The molecule has 0 aliphatic heterocycles. The summed E-state index contributed by atoms with van der Waals surface area (Å²) in [4.78, 5) is 31.3. The summed E-state index contributed by atoms with van der Waals surface area (Å²) >= 11 is 0. The summed E-state index contributed by atoms with van der Waals surface area (Å²) in [5, 5.41) is 8.94. The van der Waals surface area contributed by atoms with Crippen LogP contribution >= 0.6 is 0 Å². The van der Waals surface area contributed by atoms with Crippen molar-refractivity contribution >= 4 is 28.2 Å². The molecule has 2 aromatic carbocycles. The zero-order chi connectivity index (χ0) is 21.0. The van der Waals surface area contributed by atoms with Gasteiger partial charge in [-0.15, -0.1) is 0 Å². The molecule has 0 N–H and O–H groups in total. The Morgan fingerprint density at radius 1 is 1.00 bits per heavy atom. The van der Waals surface area contributed by atoms with Gasteiger partial charge in [-0.25, -0.2) is 0 Å². The third-order valence-corrected chi connectivity index (χ3v) is 5.41. The Morgan fingerprint density at radius 3 is 2.53 bits per heavy atom. The van der Waals surface area contributed by atoms with Crippen LogP contribution in [-0.4, -0.2) is 22.4 Å². The summed E-state index contributed by atoms with van der Waals surface area (Å²) in [7, 11) is 0. The first-order valence-corrected chi connectivity index (χ1v) is 9.71. The van der Waals surface area contributed by atoms with Crippen molar-refractivity contribution in [3.63, 3.8) is 0 Å². The molecule has 2 aliphatic carbocycles. The summed E-state index contributed by atoms with van der Waals surface area (Å²) in [6.45, 7) is 5.68. The monoisotopic (exact) mass is 398 g/mol. The summed E-state index contributed by atoms with van der Waals surface area (Å²) in [5.74, 6) is 0.796. The van der Waals surface area contributed by atoms with Crippen LogP contribution < -0.4 is 4.84 Å². The van der Waals surface area contributed by atoms with E-state index in [1.54, 1.807) is 37.3 Å². The second-order valence-electron chi connectivity index (χ2n) is 7.74. The van der Waals surface area contributed by atoms with E-state index in [1.165, 1.54) is 0 Å². The number of fused-ring (bicyclic) bond motifs is 2. The number of benzene rings is 2. The third-order valence-electron chi connectivity index (χ3n) is 5.41. The predicted molar refractivity (Wildman–Crippen MR) is 113 cm³/mol. The number of aromatic nitrogens is 1. The maximum Gasteiger partial charge on any atom is 0.198 e. The smallest absolute Gasteiger partial charge is 0.198 e. The lowest BCUT2D eigenvalue weighted by molar-refractivity contribution is -0.112. The van der Waals surface area contributed by atoms with Gasteiger partial charge in [0.05, 0.1) is 10.9 Å². The van der Waals surface area contributed by atoms with E-state index in [9.17, 15) is 9.59 Å². The van der Waals surface area contributed by atoms with Gasteiger partial charge in [0.25, 0.3) is 0 Å². The van der Waals surface area contributed by atoms with Crippen LogP contribution in [0.25, 0.3) is 22.2 Å². The van der Waals surface area contributed by atoms with Crippen LogP contribution in [0.1, 0.15) is 36.7 Å². The van der Waals surface area contributed by atoms with Gasteiger partial charge in [-0.1, -0.05) is 48.4 Å². The lowest BCUT2D eigenvalue weighted by Crippen LogP contribution is -2.17. The molecule has 2 aliphatic rings. The third kappa shape index (κ3) is 2.64. The minimum absolute atomic E-state index is 0.0151. The molecule has 30 heavy (non-hydrogen) atoms. The Labute approximate surface area is 172 Å². The number of ketones is 2. The number of hydrogen-bond donors (Lipinski definition) is 0. The highest BCUT2D eigenvalue weighted by molar-refractivity contribution is 6.26. The van der Waals surface area contributed by atoms with Gasteiger partial charge >= 0.3 is 0 Å². The largest absolute Gasteiger partial charge is 0.356 e. The molecule has 0 bridgehead atoms. The molecule has 1 aromatic heterocycles. The normalized spacial score (nSPS) is 16.7. The Bertz CT molecular complexity index is 1340. The SMILES string of the molecule is CC1=C/C(=N\Oc2ccc3noc4c3c2C(=O)c2ccccc2-4)C=C(C(C)C)C1=O. The van der Waals surface area contributed by atoms with Crippen LogP contribution in [0.15, 0.2) is 69.4 Å². The molecule has 0 radical (unpaired) electrons. The Kier molecular flexibility index (Phi) is 4.03. The molecule has 0 fully saturated rings. The summed E-state index contributed by atoms with van der Waals surface area (Å²) < 4.78 is 5.54. The number of rotatable bonds is 3. The van der Waals surface area contributed by atoms with Gasteiger partial charge in [0.1, 0.15) is 11.2 Å². The van der Waals surface area contributed by atoms with Gasteiger partial charge in [0.2, 0.25) is 0 Å². The molecule has 0 saturated carbocycles. The van der Waals surface area contributed by atoms with E-state index in [0.29, 0.717) is 50.4 Å². The fourth-order valence-corrected chi connectivity index (χ4v) is 3.88. The van der Waals surface area contributed by atoms with Crippen molar-refractivity contribution in [1.29, 1.82) is 0 Å². The Morgan fingerprint density at radius 2 is 1.77 bits per heavy atom. The minimum atomic E-state index is -0.161. The molecular weight excluding hydrogens is 380 g/mol. The molecule has 0 saturated heterocycles. The first kappa shape index (κ1) is 18.2. The van der Waals surface area contributed by atoms with Crippen LogP contribution in [0.2, 0.25) is 0 Å². The van der Waals surface area contributed by atoms with E-state index in [2.05, 4.69) is 10.3 Å². The molecule has 5 rings (SSSR count). The predicted octanol–water partition coefficient (Wildman–Crippen LogP) is 4.89. The van der Waals surface area contributed by atoms with Crippen molar-refractivity contribution in [2.24, 2.45) is 11.1 Å². The fourth-order valence-electron chi connectivity index (χ4n) is 3.88. The van der Waals surface area contributed by atoms with Crippen LogP contribution in [0, 0.1) is 5.92 Å². The molecule has 6 heteroatoms. The van der Waals surface area contributed by atoms with Crippen molar-refractivity contribution in [2.75, 3.05) is 0 Å². The van der Waals surface area contributed by atoms with E-state index in [4.69, 9.17) is 9.36 Å². The van der Waals surface area contributed by atoms with E-state index in [-0.39, 0.29) is 17.5 Å². The number of hydrogen-bond acceptors (Lipinski definition) is 6. The van der Waals surface area contributed by atoms with Crippen LogP contribution in [-0.2, 0) is 4.79 Å². The fraction of sp³-hybridized carbons (Fsp3) is 0.167. The summed E-state index contributed by atoms with van der Waals surface area (Å²) in [6.07, 6.45) is 3.41. The topological polar surface area (TPSA) is 81.8 Å². The van der Waals surface area contributed by atoms with E-state index >= 15 is 0 Å². The molecule has 0 unspecified atom stereocenters. The summed E-state index contributed by atoms with van der Waals surface area (Å²) in [6, 6.07) is 10.7. The number of Topliss-reactive ketones (excluding diaryl/α,β-unsaturated/α-hetero) is 1. The Balaban J connectivity index is 1.61. The molecular formula is C24H18N2O4. The standard InChI is InChI=1S/C24H18N2O4/c1-12(2)17-11-14(10-13(3)22(17)27)25-29-19-9-8-18-20-21(19)23(28)15-6-4-5-7-16(15)24(20)30-26-18/h4-12H,1-3H3/b25-14+. The van der Waals surface area contributed by atoms with Crippen molar-refractivity contribution in [3.8, 4) is 17.1 Å². The number of carbonyl (C=O) groups excluding carboxylic acids is 2. The number of oxime groups is 1. The number of carbonyl (C=O) groups is 2. The first-order chi connectivity index (χ1) is 14.5. The zero-order valence-corrected chi connectivity index (χ0v) is 16.7. The van der Waals surface area contributed by atoms with Crippen LogP contribution in [0.3, 0.4) is 0 Å². The van der Waals surface area contributed by atoms with Gasteiger partial charge in [-0.05, 0) is 42.7 Å². The van der Waals surface area contributed by atoms with Gasteiger partial charge in [0, 0.05) is 16.7 Å². The van der Waals surface area contributed by atoms with Crippen LogP contribution in [0.5, 0.6) is 5.75 Å². The quantitative estimate of drug-likeness (QED) is 0.363. The van der Waals surface area contributed by atoms with Crippen molar-refractivity contribution < 1.29 is 18.9 Å². The van der Waals surface area contributed by atoms with Crippen molar-refractivity contribution in [1.82, 2.24) is 5.16 Å². The minimum Gasteiger partial charge on any atom is -0.356 e. The molecule has 148 valence electrons. The molecule has 6 nitrogen and oxygen atoms in total. The highest BCUT2D eigenvalue weighted by Gasteiger charge is 2.32. The van der Waals surface area contributed by atoms with Gasteiger partial charge in [-0.2, -0.15) is 0 Å². The van der Waals surface area contributed by atoms with Crippen molar-refractivity contribution in [3.05, 3.63) is 70.8 Å². The second-order valence-corrected chi connectivity index (χ2v) is 7.74. The molecule has 0 spiro atoms. The second kappa shape index (κ2) is 6.62. The lowest BCUT2D eigenvalue weighted by Gasteiger charge is -2.16. The van der Waals surface area contributed by atoms with E-state index in [1.807, 2.05) is 32.0 Å². The average Bonchev–Trinajstić information content (AvgIpc) is 3.17. The molecule has 3 aromatic rings. The first-order valence-electron chi connectivity index (χ1n) is 9.71. The highest BCUT2D eigenvalue weighted by atomic mass is 16.6. The van der Waals surface area contributed by atoms with Gasteiger partial charge in [0.15, 0.2) is 23.1 Å². The summed E-state index contributed by atoms with van der Waals surface area (Å²) in [5.41, 5.74) is 4.03. The van der Waals surface area contributed by atoms with Gasteiger partial charge in [-0.3, -0.25) is 9.59 Å². The molecule has 0 amide bonds. The molecule has 1 heterocycles. The number of nitrogens with zero attached hydrogens (tertiary/aromatic N) is 2. The van der Waals surface area contributed by atoms with E-state index < -0.39 is 0 Å². The maximum atomic E-state index is 13.2. The van der Waals surface area contributed by atoms with Gasteiger partial charge < -0.3 is 9.36 Å². The number of allylic oxidation sites excluding steroid dienone is 4. The zero-order valence-electron chi connectivity index (χ0n) is 16.7. The van der Waals surface area contributed by atoms with E-state index in [0.717, 1.165) is 5.56 Å². The Hall–Kier alpha value is -3.80. The van der Waals surface area contributed by atoms with Crippen molar-refractivity contribution in [2.45, 2.75) is 20.8 Å².